The molecule has 0 saturated heterocycles. The molecule has 0 amide bonds. The molecule has 21 heavy (non-hydrogen) atoms. The second-order valence-electron chi connectivity index (χ2n) is 5.32. The van der Waals surface area contributed by atoms with E-state index in [-0.39, 0.29) is 6.04 Å². The lowest BCUT2D eigenvalue weighted by Gasteiger charge is -2.16. The van der Waals surface area contributed by atoms with Gasteiger partial charge in [0.15, 0.2) is 0 Å². The van der Waals surface area contributed by atoms with Crippen molar-refractivity contribution in [2.45, 2.75) is 30.7 Å². The van der Waals surface area contributed by atoms with Gasteiger partial charge in [-0.05, 0) is 48.6 Å². The summed E-state index contributed by atoms with van der Waals surface area (Å²) in [5.74, 6) is 0. The fourth-order valence-electron chi connectivity index (χ4n) is 2.79. The van der Waals surface area contributed by atoms with Crippen LogP contribution >= 0.6 is 15.9 Å². The van der Waals surface area contributed by atoms with Crippen molar-refractivity contribution < 1.29 is 8.42 Å². The van der Waals surface area contributed by atoms with Crippen molar-refractivity contribution in [2.24, 2.45) is 0 Å². The minimum atomic E-state index is -3.52. The van der Waals surface area contributed by atoms with E-state index in [0.29, 0.717) is 4.90 Å². The molecule has 0 unspecified atom stereocenters. The average molecular weight is 366 g/mol. The first kappa shape index (κ1) is 14.8. The molecular weight excluding hydrogens is 350 g/mol. The number of fused-ring (bicyclic) bond motifs is 1. The van der Waals surface area contributed by atoms with Crippen molar-refractivity contribution >= 4 is 26.0 Å². The number of hydrogen-bond acceptors (Lipinski definition) is 2. The summed E-state index contributed by atoms with van der Waals surface area (Å²) in [5.41, 5.74) is 3.07. The Bertz CT molecular complexity index is 787. The molecule has 0 aliphatic heterocycles. The summed E-state index contributed by atoms with van der Waals surface area (Å²) in [7, 11) is -3.52. The van der Waals surface area contributed by atoms with Crippen LogP contribution in [0.2, 0.25) is 0 Å². The second-order valence-corrected chi connectivity index (χ2v) is 7.92. The van der Waals surface area contributed by atoms with Crippen LogP contribution in [0.5, 0.6) is 0 Å². The van der Waals surface area contributed by atoms with Gasteiger partial charge in [-0.1, -0.05) is 46.3 Å². The third-order valence-electron chi connectivity index (χ3n) is 3.87. The molecule has 3 nitrogen and oxygen atoms in total. The SMILES string of the molecule is Cc1ccc(Br)cc1S(=O)(=O)N[C@H]1CCc2ccccc21. The minimum absolute atomic E-state index is 0.135. The highest BCUT2D eigenvalue weighted by Gasteiger charge is 2.27. The number of rotatable bonds is 3. The van der Waals surface area contributed by atoms with Crippen LogP contribution in [0, 0.1) is 6.92 Å². The van der Waals surface area contributed by atoms with Gasteiger partial charge in [0.1, 0.15) is 0 Å². The lowest BCUT2D eigenvalue weighted by atomic mass is 10.1. The molecule has 0 heterocycles. The Balaban J connectivity index is 1.93. The summed E-state index contributed by atoms with van der Waals surface area (Å²) in [5, 5.41) is 0. The molecule has 0 fully saturated rings. The van der Waals surface area contributed by atoms with Gasteiger partial charge in [-0.25, -0.2) is 13.1 Å². The predicted molar refractivity (Wildman–Crippen MR) is 86.7 cm³/mol. The zero-order valence-corrected chi connectivity index (χ0v) is 14.0. The maximum Gasteiger partial charge on any atom is 0.241 e. The normalized spacial score (nSPS) is 17.7. The number of halogens is 1. The van der Waals surface area contributed by atoms with Crippen LogP contribution in [0.15, 0.2) is 51.8 Å². The minimum Gasteiger partial charge on any atom is -0.207 e. The number of sulfonamides is 1. The molecule has 0 saturated carbocycles. The highest BCUT2D eigenvalue weighted by molar-refractivity contribution is 9.10. The molecule has 0 bridgehead atoms. The number of benzene rings is 2. The van der Waals surface area contributed by atoms with E-state index in [4.69, 9.17) is 0 Å². The standard InChI is InChI=1S/C16H16BrNO2S/c1-11-6-8-13(17)10-16(11)21(19,20)18-15-9-7-12-4-2-3-5-14(12)15/h2-6,8,10,15,18H,7,9H2,1H3/t15-/m0/s1. The van der Waals surface area contributed by atoms with Crippen LogP contribution in [0.3, 0.4) is 0 Å². The molecule has 2 aromatic rings. The molecule has 1 N–H and O–H groups in total. The number of nitrogens with one attached hydrogen (secondary N) is 1. The Morgan fingerprint density at radius 1 is 1.19 bits per heavy atom. The van der Waals surface area contributed by atoms with Crippen molar-refractivity contribution in [3.63, 3.8) is 0 Å². The van der Waals surface area contributed by atoms with Gasteiger partial charge in [0.05, 0.1) is 4.90 Å². The Labute approximate surface area is 133 Å². The van der Waals surface area contributed by atoms with Crippen molar-refractivity contribution in [2.75, 3.05) is 0 Å². The van der Waals surface area contributed by atoms with Gasteiger partial charge in [-0.15, -0.1) is 0 Å². The topological polar surface area (TPSA) is 46.2 Å². The van der Waals surface area contributed by atoms with Crippen LogP contribution in [0.4, 0.5) is 0 Å². The first-order valence-corrected chi connectivity index (χ1v) is 9.11. The molecule has 2 aromatic carbocycles. The van der Waals surface area contributed by atoms with Crippen LogP contribution in [0.1, 0.15) is 29.2 Å². The lowest BCUT2D eigenvalue weighted by molar-refractivity contribution is 0.554. The van der Waals surface area contributed by atoms with E-state index in [1.807, 2.05) is 31.2 Å². The first-order chi connectivity index (χ1) is 9.97. The fourth-order valence-corrected chi connectivity index (χ4v) is 4.83. The molecule has 1 aliphatic rings. The third-order valence-corrected chi connectivity index (χ3v) is 5.98. The van der Waals surface area contributed by atoms with Crippen LogP contribution < -0.4 is 4.72 Å². The second kappa shape index (κ2) is 5.55. The molecule has 0 radical (unpaired) electrons. The van der Waals surface area contributed by atoms with Gasteiger partial charge in [-0.3, -0.25) is 0 Å². The van der Waals surface area contributed by atoms with Gasteiger partial charge in [0.2, 0.25) is 10.0 Å². The van der Waals surface area contributed by atoms with Crippen LogP contribution in [-0.4, -0.2) is 8.42 Å². The fraction of sp³-hybridized carbons (Fsp3) is 0.250. The Hall–Kier alpha value is -1.17. The van der Waals surface area contributed by atoms with E-state index in [1.165, 1.54) is 5.56 Å². The van der Waals surface area contributed by atoms with Crippen molar-refractivity contribution in [1.82, 2.24) is 4.72 Å². The average Bonchev–Trinajstić information content (AvgIpc) is 2.84. The number of hydrogen-bond donors (Lipinski definition) is 1. The molecule has 110 valence electrons. The summed E-state index contributed by atoms with van der Waals surface area (Å²) in [6.07, 6.45) is 1.73. The maximum absolute atomic E-state index is 12.6. The van der Waals surface area contributed by atoms with Gasteiger partial charge >= 0.3 is 0 Å². The largest absolute Gasteiger partial charge is 0.241 e. The van der Waals surface area contributed by atoms with E-state index in [0.717, 1.165) is 28.4 Å². The number of aryl methyl sites for hydroxylation is 2. The lowest BCUT2D eigenvalue weighted by Crippen LogP contribution is -2.28. The van der Waals surface area contributed by atoms with Gasteiger partial charge in [-0.2, -0.15) is 0 Å². The van der Waals surface area contributed by atoms with E-state index in [1.54, 1.807) is 12.1 Å². The molecule has 0 aromatic heterocycles. The molecule has 0 spiro atoms. The summed E-state index contributed by atoms with van der Waals surface area (Å²) < 4.78 is 28.9. The Morgan fingerprint density at radius 2 is 1.95 bits per heavy atom. The quantitative estimate of drug-likeness (QED) is 0.900. The molecule has 1 aliphatic carbocycles. The Morgan fingerprint density at radius 3 is 2.76 bits per heavy atom. The molecule has 3 rings (SSSR count). The molecular formula is C16H16BrNO2S. The van der Waals surface area contributed by atoms with Gasteiger partial charge in [0.25, 0.3) is 0 Å². The first-order valence-electron chi connectivity index (χ1n) is 6.84. The highest BCUT2D eigenvalue weighted by Crippen LogP contribution is 2.32. The van der Waals surface area contributed by atoms with E-state index in [9.17, 15) is 8.42 Å². The molecule has 5 heteroatoms. The van der Waals surface area contributed by atoms with E-state index in [2.05, 4.69) is 26.7 Å². The van der Waals surface area contributed by atoms with Crippen LogP contribution in [-0.2, 0) is 16.4 Å². The predicted octanol–water partition coefficient (Wildman–Crippen LogP) is 3.72. The van der Waals surface area contributed by atoms with Crippen molar-refractivity contribution in [1.29, 1.82) is 0 Å². The van der Waals surface area contributed by atoms with E-state index < -0.39 is 10.0 Å². The zero-order valence-electron chi connectivity index (χ0n) is 11.6. The van der Waals surface area contributed by atoms with E-state index >= 15 is 0 Å². The summed E-state index contributed by atoms with van der Waals surface area (Å²) in [6.45, 7) is 1.81. The van der Waals surface area contributed by atoms with Crippen LogP contribution in [0.25, 0.3) is 0 Å². The maximum atomic E-state index is 12.6. The zero-order chi connectivity index (χ0) is 15.0. The molecule has 1 atom stereocenters. The monoisotopic (exact) mass is 365 g/mol. The summed E-state index contributed by atoms with van der Waals surface area (Å²) >= 11 is 3.34. The van der Waals surface area contributed by atoms with Gasteiger partial charge < -0.3 is 0 Å². The van der Waals surface area contributed by atoms with Gasteiger partial charge in [0, 0.05) is 10.5 Å². The smallest absolute Gasteiger partial charge is 0.207 e. The summed E-state index contributed by atoms with van der Waals surface area (Å²) in [4.78, 5) is 0.334. The summed E-state index contributed by atoms with van der Waals surface area (Å²) in [6, 6.07) is 13.2. The highest BCUT2D eigenvalue weighted by atomic mass is 79.9. The van der Waals surface area contributed by atoms with Crippen molar-refractivity contribution in [3.8, 4) is 0 Å². The third kappa shape index (κ3) is 2.91. The van der Waals surface area contributed by atoms with Crippen molar-refractivity contribution in [3.05, 3.63) is 63.6 Å². The Kier molecular flexibility index (Phi) is 3.90.